The Balaban J connectivity index is 1.54. The molecule has 1 aromatic carbocycles. The number of carbonyl (C=O) groups excluding carboxylic acids is 1. The highest BCUT2D eigenvalue weighted by molar-refractivity contribution is 9.10. The largest absolute Gasteiger partial charge is 0.387 e. The number of piperazine rings is 1. The minimum absolute atomic E-state index is 0.156. The minimum atomic E-state index is -0.530. The fourth-order valence-electron chi connectivity index (χ4n) is 5.00. The standard InChI is InChI=1S/C24H31BrFN5O2/c1-14(2)29-23(17(12-32)16-4-5-18(25)19(26)11-16)30-6-8-31(9-7-30)24-21-15(3)10-20(33)22(21)27-13-28-24/h4-5,11-15,17,20,23,29,33H,6-10H2,1-3H3/t15-,17?,20-,23?/m1/s1. The molecule has 2 N–H and O–H groups in total. The molecular weight excluding hydrogens is 489 g/mol. The van der Waals surface area contributed by atoms with E-state index in [1.165, 1.54) is 12.4 Å². The molecule has 1 fully saturated rings. The number of aliphatic hydroxyl groups excluding tert-OH is 1. The highest BCUT2D eigenvalue weighted by atomic mass is 79.9. The fourth-order valence-corrected chi connectivity index (χ4v) is 5.25. The van der Waals surface area contributed by atoms with Crippen LogP contribution >= 0.6 is 15.9 Å². The Morgan fingerprint density at radius 1 is 1.24 bits per heavy atom. The van der Waals surface area contributed by atoms with Crippen molar-refractivity contribution in [3.8, 4) is 0 Å². The van der Waals surface area contributed by atoms with Crippen LogP contribution in [0.15, 0.2) is 29.0 Å². The molecule has 1 aliphatic carbocycles. The van der Waals surface area contributed by atoms with Gasteiger partial charge in [0, 0.05) is 37.8 Å². The number of anilines is 1. The summed E-state index contributed by atoms with van der Waals surface area (Å²) in [5.74, 6) is 0.242. The minimum Gasteiger partial charge on any atom is -0.387 e. The van der Waals surface area contributed by atoms with E-state index in [-0.39, 0.29) is 23.9 Å². The summed E-state index contributed by atoms with van der Waals surface area (Å²) in [7, 11) is 0. The van der Waals surface area contributed by atoms with Crippen molar-refractivity contribution in [2.45, 2.75) is 57.3 Å². The zero-order valence-corrected chi connectivity index (χ0v) is 20.8. The van der Waals surface area contributed by atoms with Crippen molar-refractivity contribution in [2.24, 2.45) is 0 Å². The molecule has 0 amide bonds. The lowest BCUT2D eigenvalue weighted by Crippen LogP contribution is -2.58. The first-order valence-corrected chi connectivity index (χ1v) is 12.3. The van der Waals surface area contributed by atoms with Gasteiger partial charge < -0.3 is 14.8 Å². The lowest BCUT2D eigenvalue weighted by atomic mass is 9.95. The molecule has 1 saturated heterocycles. The van der Waals surface area contributed by atoms with E-state index in [1.54, 1.807) is 12.1 Å². The predicted octanol–water partition coefficient (Wildman–Crippen LogP) is 3.35. The van der Waals surface area contributed by atoms with Crippen molar-refractivity contribution in [2.75, 3.05) is 31.1 Å². The quantitative estimate of drug-likeness (QED) is 0.542. The summed E-state index contributed by atoms with van der Waals surface area (Å²) in [5, 5.41) is 13.8. The molecule has 2 aromatic rings. The summed E-state index contributed by atoms with van der Waals surface area (Å²) in [6, 6.07) is 5.04. The maximum atomic E-state index is 14.2. The van der Waals surface area contributed by atoms with Crippen LogP contribution in [-0.4, -0.2) is 64.6 Å². The first-order chi connectivity index (χ1) is 15.8. The average molecular weight is 520 g/mol. The summed E-state index contributed by atoms with van der Waals surface area (Å²) >= 11 is 3.19. The Morgan fingerprint density at radius 3 is 2.61 bits per heavy atom. The van der Waals surface area contributed by atoms with E-state index < -0.39 is 12.0 Å². The number of nitrogens with one attached hydrogen (secondary N) is 1. The van der Waals surface area contributed by atoms with Crippen LogP contribution in [0.1, 0.15) is 62.0 Å². The molecule has 2 aliphatic rings. The molecule has 0 saturated carbocycles. The van der Waals surface area contributed by atoms with Crippen molar-refractivity contribution in [1.29, 1.82) is 0 Å². The second-order valence-corrected chi connectivity index (χ2v) is 10.1. The smallest absolute Gasteiger partial charge is 0.137 e. The number of nitrogens with zero attached hydrogens (tertiary/aromatic N) is 4. The Hall–Kier alpha value is -1.94. The second-order valence-electron chi connectivity index (χ2n) is 9.27. The maximum absolute atomic E-state index is 14.2. The van der Waals surface area contributed by atoms with Gasteiger partial charge in [0.25, 0.3) is 0 Å². The Morgan fingerprint density at radius 2 is 1.97 bits per heavy atom. The summed E-state index contributed by atoms with van der Waals surface area (Å²) in [5.41, 5.74) is 2.45. The molecule has 0 radical (unpaired) electrons. The van der Waals surface area contributed by atoms with E-state index in [1.807, 2.05) is 13.8 Å². The van der Waals surface area contributed by atoms with Gasteiger partial charge in [0.1, 0.15) is 24.2 Å². The predicted molar refractivity (Wildman–Crippen MR) is 129 cm³/mol. The molecule has 178 valence electrons. The van der Waals surface area contributed by atoms with Crippen LogP contribution < -0.4 is 10.2 Å². The SMILES string of the molecule is CC(C)NC(C(C=O)c1ccc(Br)c(F)c1)N1CCN(c2ncnc3c2[C@H](C)C[C@H]3O)CC1. The molecule has 9 heteroatoms. The van der Waals surface area contributed by atoms with Crippen LogP contribution in [0.25, 0.3) is 0 Å². The Bertz CT molecular complexity index is 999. The van der Waals surface area contributed by atoms with Gasteiger partial charge in [0.15, 0.2) is 0 Å². The number of hydrogen-bond acceptors (Lipinski definition) is 7. The third-order valence-electron chi connectivity index (χ3n) is 6.61. The van der Waals surface area contributed by atoms with Crippen LogP contribution in [0.3, 0.4) is 0 Å². The maximum Gasteiger partial charge on any atom is 0.137 e. The van der Waals surface area contributed by atoms with Crippen LogP contribution in [0, 0.1) is 5.82 Å². The van der Waals surface area contributed by atoms with Gasteiger partial charge in [-0.25, -0.2) is 14.4 Å². The van der Waals surface area contributed by atoms with Crippen molar-refractivity contribution in [3.05, 3.63) is 51.6 Å². The summed E-state index contributed by atoms with van der Waals surface area (Å²) in [6.07, 6.45) is 2.34. The fraction of sp³-hybridized carbons (Fsp3) is 0.542. The van der Waals surface area contributed by atoms with Crippen molar-refractivity contribution in [1.82, 2.24) is 20.2 Å². The third kappa shape index (κ3) is 4.96. The number of aldehydes is 1. The number of carbonyl (C=O) groups is 1. The highest BCUT2D eigenvalue weighted by Crippen LogP contribution is 2.42. The molecule has 2 unspecified atom stereocenters. The molecule has 0 spiro atoms. The van der Waals surface area contributed by atoms with Gasteiger partial charge in [-0.05, 0) is 59.8 Å². The van der Waals surface area contributed by atoms with E-state index in [0.29, 0.717) is 16.5 Å². The Labute approximate surface area is 202 Å². The molecule has 33 heavy (non-hydrogen) atoms. The first kappa shape index (κ1) is 24.2. The first-order valence-electron chi connectivity index (χ1n) is 11.5. The molecular formula is C24H31BrFN5O2. The molecule has 1 aliphatic heterocycles. The number of fused-ring (bicyclic) bond motifs is 1. The van der Waals surface area contributed by atoms with Gasteiger partial charge in [-0.3, -0.25) is 10.2 Å². The highest BCUT2D eigenvalue weighted by Gasteiger charge is 2.36. The van der Waals surface area contributed by atoms with Crippen molar-refractivity contribution in [3.63, 3.8) is 0 Å². The van der Waals surface area contributed by atoms with Gasteiger partial charge in [0.05, 0.1) is 28.4 Å². The second kappa shape index (κ2) is 10.1. The van der Waals surface area contributed by atoms with Crippen LogP contribution in [0.5, 0.6) is 0 Å². The zero-order chi connectivity index (χ0) is 23.7. The zero-order valence-electron chi connectivity index (χ0n) is 19.2. The molecule has 4 rings (SSSR count). The van der Waals surface area contributed by atoms with E-state index in [9.17, 15) is 14.3 Å². The van der Waals surface area contributed by atoms with Gasteiger partial charge in [-0.15, -0.1) is 0 Å². The van der Waals surface area contributed by atoms with Crippen LogP contribution in [0.2, 0.25) is 0 Å². The number of hydrogen-bond donors (Lipinski definition) is 2. The van der Waals surface area contributed by atoms with Crippen molar-refractivity contribution >= 4 is 28.0 Å². The number of halogens is 2. The third-order valence-corrected chi connectivity index (χ3v) is 7.25. The molecule has 0 bridgehead atoms. The summed E-state index contributed by atoms with van der Waals surface area (Å²) < 4.78 is 14.6. The number of benzene rings is 1. The van der Waals surface area contributed by atoms with Gasteiger partial charge in [-0.2, -0.15) is 0 Å². The summed E-state index contributed by atoms with van der Waals surface area (Å²) in [4.78, 5) is 25.6. The van der Waals surface area contributed by atoms with E-state index in [4.69, 9.17) is 0 Å². The van der Waals surface area contributed by atoms with E-state index in [2.05, 4.69) is 47.9 Å². The number of aliphatic hydroxyl groups is 1. The van der Waals surface area contributed by atoms with Crippen LogP contribution in [0.4, 0.5) is 10.2 Å². The molecule has 2 heterocycles. The lowest BCUT2D eigenvalue weighted by molar-refractivity contribution is -0.111. The van der Waals surface area contributed by atoms with Crippen molar-refractivity contribution < 1.29 is 14.3 Å². The molecule has 1 aromatic heterocycles. The number of rotatable bonds is 7. The van der Waals surface area contributed by atoms with Gasteiger partial charge >= 0.3 is 0 Å². The van der Waals surface area contributed by atoms with Gasteiger partial charge in [0.2, 0.25) is 0 Å². The number of aromatic nitrogens is 2. The normalized spacial score (nSPS) is 22.9. The average Bonchev–Trinajstić information content (AvgIpc) is 3.09. The lowest BCUT2D eigenvalue weighted by Gasteiger charge is -2.43. The summed E-state index contributed by atoms with van der Waals surface area (Å²) in [6.45, 7) is 9.12. The monoisotopic (exact) mass is 519 g/mol. The topological polar surface area (TPSA) is 81.6 Å². The Kier molecular flexibility index (Phi) is 7.43. The van der Waals surface area contributed by atoms with Gasteiger partial charge in [-0.1, -0.05) is 13.0 Å². The molecule has 4 atom stereocenters. The van der Waals surface area contributed by atoms with Crippen LogP contribution in [-0.2, 0) is 4.79 Å². The van der Waals surface area contributed by atoms with E-state index in [0.717, 1.165) is 49.5 Å². The molecule has 7 nitrogen and oxygen atoms in total. The van der Waals surface area contributed by atoms with E-state index >= 15 is 0 Å².